The molecule has 2 heteroatoms. The predicted molar refractivity (Wildman–Crippen MR) is 63.9 cm³/mol. The van der Waals surface area contributed by atoms with Gasteiger partial charge in [-0.15, -0.1) is 0 Å². The standard InChI is InChI=1S/C14H18O2/c1-10-6-7-11(15)8-9-14(16)13-5-3-2-4-12(10)13/h2,4,6-7,11-13,15H,1,3,5,8-9H2/b7-6-. The number of rotatable bonds is 0. The van der Waals surface area contributed by atoms with E-state index >= 15 is 0 Å². The van der Waals surface area contributed by atoms with Crippen molar-refractivity contribution in [3.8, 4) is 0 Å². The summed E-state index contributed by atoms with van der Waals surface area (Å²) in [5.74, 6) is 0.494. The SMILES string of the molecule is C=C1/C=C\C(O)CCC(=O)C2CCC=CC12. The van der Waals surface area contributed by atoms with Crippen molar-refractivity contribution in [3.05, 3.63) is 36.5 Å². The topological polar surface area (TPSA) is 37.3 Å². The molecule has 0 fully saturated rings. The van der Waals surface area contributed by atoms with Gasteiger partial charge >= 0.3 is 0 Å². The molecule has 0 amide bonds. The van der Waals surface area contributed by atoms with Gasteiger partial charge in [-0.05, 0) is 24.8 Å². The largest absolute Gasteiger partial charge is 0.389 e. The van der Waals surface area contributed by atoms with Crippen molar-refractivity contribution in [2.24, 2.45) is 11.8 Å². The first-order valence-corrected chi connectivity index (χ1v) is 5.93. The lowest BCUT2D eigenvalue weighted by Crippen LogP contribution is -2.25. The minimum absolute atomic E-state index is 0.0763. The monoisotopic (exact) mass is 218 g/mol. The summed E-state index contributed by atoms with van der Waals surface area (Å²) in [4.78, 5) is 12.0. The molecule has 2 nitrogen and oxygen atoms in total. The third-order valence-electron chi connectivity index (χ3n) is 3.48. The second-order valence-electron chi connectivity index (χ2n) is 4.64. The second kappa shape index (κ2) is 4.79. The van der Waals surface area contributed by atoms with E-state index in [9.17, 15) is 9.90 Å². The van der Waals surface area contributed by atoms with Gasteiger partial charge in [0.15, 0.2) is 0 Å². The van der Waals surface area contributed by atoms with Crippen molar-refractivity contribution in [1.82, 2.24) is 0 Å². The molecule has 0 aromatic heterocycles. The molecule has 0 radical (unpaired) electrons. The normalized spacial score (nSPS) is 37.2. The van der Waals surface area contributed by atoms with Gasteiger partial charge in [0.1, 0.15) is 5.78 Å². The van der Waals surface area contributed by atoms with Gasteiger partial charge in [0, 0.05) is 18.3 Å². The van der Waals surface area contributed by atoms with Crippen LogP contribution in [-0.2, 0) is 4.79 Å². The molecule has 16 heavy (non-hydrogen) atoms. The van der Waals surface area contributed by atoms with Crippen molar-refractivity contribution in [3.63, 3.8) is 0 Å². The van der Waals surface area contributed by atoms with Crippen molar-refractivity contribution in [1.29, 1.82) is 0 Å². The quantitative estimate of drug-likeness (QED) is 0.634. The van der Waals surface area contributed by atoms with Gasteiger partial charge < -0.3 is 5.11 Å². The zero-order valence-corrected chi connectivity index (χ0v) is 9.43. The summed E-state index contributed by atoms with van der Waals surface area (Å²) in [5, 5.41) is 9.61. The Hall–Kier alpha value is -1.15. The molecule has 0 heterocycles. The van der Waals surface area contributed by atoms with E-state index in [1.807, 2.05) is 6.08 Å². The van der Waals surface area contributed by atoms with Crippen LogP contribution in [-0.4, -0.2) is 17.0 Å². The first kappa shape index (κ1) is 11.3. The maximum absolute atomic E-state index is 12.0. The Labute approximate surface area is 96.4 Å². The van der Waals surface area contributed by atoms with Crippen LogP contribution in [0, 0.1) is 11.8 Å². The number of Topliss-reactive ketones (excluding diaryl/α,β-unsaturated/α-hetero) is 1. The molecule has 3 atom stereocenters. The van der Waals surface area contributed by atoms with Crippen LogP contribution in [0.2, 0.25) is 0 Å². The Morgan fingerprint density at radius 2 is 2.12 bits per heavy atom. The lowest BCUT2D eigenvalue weighted by Gasteiger charge is -2.26. The summed E-state index contributed by atoms with van der Waals surface area (Å²) < 4.78 is 0. The van der Waals surface area contributed by atoms with Gasteiger partial charge in [0.2, 0.25) is 0 Å². The molecule has 0 saturated carbocycles. The third-order valence-corrected chi connectivity index (χ3v) is 3.48. The average Bonchev–Trinajstić information content (AvgIpc) is 2.36. The van der Waals surface area contributed by atoms with E-state index in [4.69, 9.17) is 0 Å². The first-order chi connectivity index (χ1) is 7.68. The summed E-state index contributed by atoms with van der Waals surface area (Å²) in [6, 6.07) is 0. The fraction of sp³-hybridized carbons (Fsp3) is 0.500. The smallest absolute Gasteiger partial charge is 0.137 e. The molecule has 0 spiro atoms. The van der Waals surface area contributed by atoms with Gasteiger partial charge in [-0.25, -0.2) is 0 Å². The Bertz CT molecular complexity index is 352. The predicted octanol–water partition coefficient (Wildman–Crippen LogP) is 2.41. The molecule has 1 N–H and O–H groups in total. The van der Waals surface area contributed by atoms with E-state index in [0.29, 0.717) is 12.8 Å². The number of aliphatic hydroxyl groups excluding tert-OH is 1. The van der Waals surface area contributed by atoms with Crippen LogP contribution in [0.1, 0.15) is 25.7 Å². The number of hydrogen-bond donors (Lipinski definition) is 1. The number of aliphatic hydroxyl groups is 1. The van der Waals surface area contributed by atoms with Gasteiger partial charge in [-0.2, -0.15) is 0 Å². The van der Waals surface area contributed by atoms with Crippen molar-refractivity contribution in [2.45, 2.75) is 31.8 Å². The minimum Gasteiger partial charge on any atom is -0.389 e. The Morgan fingerprint density at radius 3 is 2.94 bits per heavy atom. The second-order valence-corrected chi connectivity index (χ2v) is 4.64. The molecule has 0 aromatic carbocycles. The molecular weight excluding hydrogens is 200 g/mol. The summed E-state index contributed by atoms with van der Waals surface area (Å²) in [5.41, 5.74) is 0.940. The van der Waals surface area contributed by atoms with E-state index in [2.05, 4.69) is 18.7 Å². The van der Waals surface area contributed by atoms with Crippen LogP contribution in [0.5, 0.6) is 0 Å². The van der Waals surface area contributed by atoms with Crippen LogP contribution in [0.25, 0.3) is 0 Å². The molecule has 2 aliphatic carbocycles. The van der Waals surface area contributed by atoms with E-state index < -0.39 is 6.10 Å². The van der Waals surface area contributed by atoms with Gasteiger partial charge in [-0.3, -0.25) is 4.79 Å². The van der Waals surface area contributed by atoms with Gasteiger partial charge in [0.05, 0.1) is 6.10 Å². The maximum atomic E-state index is 12.0. The summed E-state index contributed by atoms with van der Waals surface area (Å²) in [6.07, 6.45) is 10.2. The van der Waals surface area contributed by atoms with Crippen LogP contribution < -0.4 is 0 Å². The van der Waals surface area contributed by atoms with Crippen LogP contribution >= 0.6 is 0 Å². The van der Waals surface area contributed by atoms with Gasteiger partial charge in [-0.1, -0.05) is 30.9 Å². The summed E-state index contributed by atoms with van der Waals surface area (Å²) in [7, 11) is 0. The van der Waals surface area contributed by atoms with Gasteiger partial charge in [0.25, 0.3) is 0 Å². The zero-order valence-electron chi connectivity index (χ0n) is 9.43. The van der Waals surface area contributed by atoms with Crippen molar-refractivity contribution < 1.29 is 9.90 Å². The van der Waals surface area contributed by atoms with E-state index in [-0.39, 0.29) is 17.6 Å². The Kier molecular flexibility index (Phi) is 3.39. The lowest BCUT2D eigenvalue weighted by molar-refractivity contribution is -0.124. The van der Waals surface area contributed by atoms with Crippen molar-refractivity contribution >= 4 is 5.78 Å². The zero-order chi connectivity index (χ0) is 11.5. The van der Waals surface area contributed by atoms with E-state index in [1.54, 1.807) is 6.08 Å². The molecule has 0 saturated heterocycles. The number of hydrogen-bond acceptors (Lipinski definition) is 2. The molecule has 86 valence electrons. The number of carbonyl (C=O) groups excluding carboxylic acids is 1. The number of fused-ring (bicyclic) bond motifs is 1. The highest BCUT2D eigenvalue weighted by Crippen LogP contribution is 2.33. The number of allylic oxidation sites excluding steroid dienone is 4. The number of carbonyl (C=O) groups is 1. The third kappa shape index (κ3) is 2.33. The highest BCUT2D eigenvalue weighted by molar-refractivity contribution is 5.82. The molecule has 0 aromatic rings. The van der Waals surface area contributed by atoms with Crippen LogP contribution in [0.3, 0.4) is 0 Å². The maximum Gasteiger partial charge on any atom is 0.137 e. The summed E-state index contributed by atoms with van der Waals surface area (Å²) >= 11 is 0. The lowest BCUT2D eigenvalue weighted by atomic mass is 9.77. The van der Waals surface area contributed by atoms with Crippen LogP contribution in [0.15, 0.2) is 36.5 Å². The van der Waals surface area contributed by atoms with E-state index in [1.165, 1.54) is 0 Å². The fourth-order valence-corrected chi connectivity index (χ4v) is 2.49. The van der Waals surface area contributed by atoms with Crippen LogP contribution in [0.4, 0.5) is 0 Å². The molecule has 3 unspecified atom stereocenters. The number of ketones is 1. The Morgan fingerprint density at radius 1 is 1.31 bits per heavy atom. The molecule has 0 bridgehead atoms. The highest BCUT2D eigenvalue weighted by atomic mass is 16.3. The molecule has 2 aliphatic rings. The molecule has 2 rings (SSSR count). The van der Waals surface area contributed by atoms with E-state index in [0.717, 1.165) is 18.4 Å². The minimum atomic E-state index is -0.509. The molecule has 0 aliphatic heterocycles. The highest BCUT2D eigenvalue weighted by Gasteiger charge is 2.29. The Balaban J connectivity index is 2.27. The summed E-state index contributed by atoms with van der Waals surface area (Å²) in [6.45, 7) is 4.01. The van der Waals surface area contributed by atoms with Crippen molar-refractivity contribution in [2.75, 3.05) is 0 Å². The first-order valence-electron chi connectivity index (χ1n) is 5.93. The molecular formula is C14H18O2. The average molecular weight is 218 g/mol. The fourth-order valence-electron chi connectivity index (χ4n) is 2.49.